The summed E-state index contributed by atoms with van der Waals surface area (Å²) in [5.74, 6) is 8.63. The number of nitrogens with two attached hydrogens (primary N) is 1. The summed E-state index contributed by atoms with van der Waals surface area (Å²) in [6, 6.07) is 24.2. The average Bonchev–Trinajstić information content (AvgIpc) is 1.77. The zero-order chi connectivity index (χ0) is 68.1. The molecule has 9 aromatic rings. The number of methoxy groups -OCH3 is 2. The average molecular weight is 1380 g/mol. The van der Waals surface area contributed by atoms with Crippen LogP contribution in [-0.4, -0.2) is 150 Å². The zero-order valence-corrected chi connectivity index (χ0v) is 55.2. The maximum atomic E-state index is 10.3. The molecule has 530 valence electrons. The third-order valence-corrected chi connectivity index (χ3v) is 17.1. The summed E-state index contributed by atoms with van der Waals surface area (Å²) < 4.78 is 33.4. The number of rotatable bonds is 13. The van der Waals surface area contributed by atoms with Crippen molar-refractivity contribution in [1.29, 1.82) is 0 Å². The number of fused-ring (bicyclic) bond motifs is 3. The molecule has 3 aliphatic heterocycles. The molecule has 3 saturated heterocycles. The van der Waals surface area contributed by atoms with Crippen molar-refractivity contribution < 1.29 is 39.0 Å². The Labute approximate surface area is 586 Å². The van der Waals surface area contributed by atoms with E-state index in [4.69, 9.17) is 64.9 Å². The summed E-state index contributed by atoms with van der Waals surface area (Å²) in [7, 11) is 3.31. The van der Waals surface area contributed by atoms with Gasteiger partial charge in [-0.3, -0.25) is 13.7 Å². The molecule has 6 aromatic heterocycles. The molecule has 0 bridgehead atoms. The molecule has 3 aromatic carbocycles. The van der Waals surface area contributed by atoms with Crippen molar-refractivity contribution >= 4 is 51.8 Å². The third-order valence-electron chi connectivity index (χ3n) is 16.5. The highest BCUT2D eigenvalue weighted by Crippen LogP contribution is 2.44. The van der Waals surface area contributed by atoms with Crippen molar-refractivity contribution in [3.63, 3.8) is 0 Å². The molecule has 3 fully saturated rings. The number of ether oxygens (including phenoxy) is 5. The van der Waals surface area contributed by atoms with Gasteiger partial charge >= 0.3 is 6.71 Å². The molecule has 0 aliphatic carbocycles. The van der Waals surface area contributed by atoms with Crippen molar-refractivity contribution in [2.45, 2.75) is 191 Å². The predicted octanol–water partition coefficient (Wildman–Crippen LogP) is 12.7. The number of aliphatic hydroxyl groups is 3. The summed E-state index contributed by atoms with van der Waals surface area (Å²) in [6.45, 7) is 18.7. The number of aryl methyl sites for hydroxylation is 6. The summed E-state index contributed by atoms with van der Waals surface area (Å²) in [6.07, 6.45) is 11.6. The largest absolute Gasteiger partial charge is 0.497 e. The topological polar surface area (TPSA) is 361 Å². The fourth-order valence-electron chi connectivity index (χ4n) is 11.4. The van der Waals surface area contributed by atoms with Crippen LogP contribution in [0.5, 0.6) is 11.5 Å². The minimum Gasteiger partial charge on any atom is -0.497 e. The second kappa shape index (κ2) is 37.6. The lowest BCUT2D eigenvalue weighted by molar-refractivity contribution is -0.0437. The van der Waals surface area contributed by atoms with E-state index in [1.54, 1.807) is 56.7 Å². The number of terminal acetylenes is 2. The first kappa shape index (κ1) is 84.0. The molecular weight excluding hydrogens is 1280 g/mol. The molecule has 5 N–H and O–H groups in total. The minimum absolute atomic E-state index is 0. The number of azide groups is 2. The Morgan fingerprint density at radius 3 is 1.25 bits per heavy atom. The van der Waals surface area contributed by atoms with Crippen LogP contribution in [-0.2, 0) is 19.1 Å². The van der Waals surface area contributed by atoms with E-state index in [0.29, 0.717) is 46.3 Å². The summed E-state index contributed by atoms with van der Waals surface area (Å²) in [5.41, 5.74) is 33.2. The maximum Gasteiger partial charge on any atom is 0.311 e. The minimum atomic E-state index is -1.10. The highest BCUT2D eigenvalue weighted by atomic mass is 35.5. The Bertz CT molecular complexity index is 4040. The molecule has 0 saturated carbocycles. The number of imidazole rings is 3. The Balaban J connectivity index is 0.000000329. The molecule has 12 atom stereocenters. The van der Waals surface area contributed by atoms with Gasteiger partial charge < -0.3 is 44.7 Å². The number of alkyl halides is 1. The van der Waals surface area contributed by atoms with Crippen molar-refractivity contribution in [2.24, 2.45) is 21.9 Å². The zero-order valence-electron chi connectivity index (χ0n) is 54.4. The fraction of sp³-hybridized carbons (Fsp3) is 0.471. The van der Waals surface area contributed by atoms with Gasteiger partial charge in [-0.25, -0.2) is 44.9 Å². The van der Waals surface area contributed by atoms with Gasteiger partial charge in [0.15, 0.2) is 23.2 Å². The molecule has 9 heterocycles. The number of halogens is 1. The van der Waals surface area contributed by atoms with Gasteiger partial charge in [-0.05, 0) is 106 Å². The van der Waals surface area contributed by atoms with E-state index in [1.165, 1.54) is 6.33 Å². The molecule has 3 unspecified atom stereocenters. The van der Waals surface area contributed by atoms with Crippen LogP contribution >= 0.6 is 11.6 Å². The highest BCUT2D eigenvalue weighted by molar-refractivity contribution is 6.74. The lowest BCUT2D eigenvalue weighted by atomic mass is 9.55. The molecular formula is C70H97BClN19O8. The van der Waals surface area contributed by atoms with Crippen molar-refractivity contribution in [1.82, 2.24) is 58.6 Å². The van der Waals surface area contributed by atoms with Crippen LogP contribution in [0.4, 0.5) is 0 Å². The number of aromatic nitrogens is 12. The van der Waals surface area contributed by atoms with Gasteiger partial charge in [-0.1, -0.05) is 130 Å². The first-order chi connectivity index (χ1) is 45.1. The van der Waals surface area contributed by atoms with Crippen molar-refractivity contribution in [3.05, 3.63) is 170 Å². The SMILES string of the molecule is C.C.C.C.C.C#CB(C)C#C.CC[C@H]1O[C@@H](n2cnc3c(C)nc(C)nc32)C(N)[C@H]1C.CC[C@H]1O[C@@H](n2cnc3c(C)nc(C)nc32)C(N=[N+]=[N-])[C@H]1O.COc1ccc(C(Cl)(c2ccccc2)c2ccc(OC)cc2)cc1.Cc1nc(C)c2ncn([C@@H]3O[C@H](CO)[C@H](O)C3N=[N+]=[N-])c2n1. The van der Waals surface area contributed by atoms with Gasteiger partial charge in [-0.15, -0.1) is 36.1 Å². The van der Waals surface area contributed by atoms with E-state index in [1.807, 2.05) is 118 Å². The number of aliphatic hydroxyl groups excluding tert-OH is 3. The van der Waals surface area contributed by atoms with E-state index in [2.05, 4.69) is 90.4 Å². The fourth-order valence-corrected chi connectivity index (χ4v) is 11.8. The summed E-state index contributed by atoms with van der Waals surface area (Å²) in [4.78, 5) is 43.9. The molecule has 0 radical (unpaired) electrons. The van der Waals surface area contributed by atoms with Crippen LogP contribution in [0.3, 0.4) is 0 Å². The van der Waals surface area contributed by atoms with Gasteiger partial charge in [0, 0.05) is 15.7 Å². The van der Waals surface area contributed by atoms with Gasteiger partial charge in [0.05, 0.1) is 87.3 Å². The van der Waals surface area contributed by atoms with Crippen molar-refractivity contribution in [2.75, 3.05) is 20.8 Å². The lowest BCUT2D eigenvalue weighted by Crippen LogP contribution is -2.33. The Hall–Kier alpha value is -9.28. The van der Waals surface area contributed by atoms with E-state index >= 15 is 0 Å². The number of hydrogen-bond acceptors (Lipinski definition) is 20. The molecule has 12 rings (SSSR count). The van der Waals surface area contributed by atoms with Gasteiger partial charge in [0.2, 0.25) is 0 Å². The number of nitrogens with zero attached hydrogens (tertiary/aromatic N) is 18. The van der Waals surface area contributed by atoms with Crippen molar-refractivity contribution in [3.8, 4) is 36.0 Å². The third kappa shape index (κ3) is 18.2. The molecule has 27 nitrogen and oxygen atoms in total. The number of hydrogen-bond donors (Lipinski definition) is 4. The van der Waals surface area contributed by atoms with Crippen LogP contribution in [0.1, 0.15) is 141 Å². The lowest BCUT2D eigenvalue weighted by Gasteiger charge is -2.29. The highest BCUT2D eigenvalue weighted by Gasteiger charge is 2.46. The van der Waals surface area contributed by atoms with E-state index in [-0.39, 0.29) is 74.9 Å². The quantitative estimate of drug-likeness (QED) is 0.0158. The summed E-state index contributed by atoms with van der Waals surface area (Å²) >= 11 is 7.22. The van der Waals surface area contributed by atoms with Crippen LogP contribution in [0.2, 0.25) is 6.82 Å². The smallest absolute Gasteiger partial charge is 0.311 e. The molecule has 0 amide bonds. The summed E-state index contributed by atoms with van der Waals surface area (Å²) in [5, 5.41) is 37.0. The van der Waals surface area contributed by atoms with E-state index < -0.39 is 47.7 Å². The monoisotopic (exact) mass is 1380 g/mol. The maximum absolute atomic E-state index is 10.3. The standard InChI is InChI=1S/C21H19ClO2.C14H21N5O.C13H17N7O2.C12H15N7O3.C5H5B.5CH4/c1-23-19-12-8-17(9-13-19)21(22,16-6-4-3-5-7-16)18-10-14-20(24-2)15-11-18;1-5-10-7(2)11(15)14(20-10)19-6-16-12-8(3)17-9(4)18-13(12)19;1-4-8-11(21)10(18-19-14)13(22-8)20-5-15-9-6(2)16-7(3)17-12(9)20;1-5-8-11(16-6(2)15-5)19(4-14-8)12-9(17-18-13)10(21)7(3-20)22-12;1-4-6(3)5-2;;;;;/h3-15H,1-2H3;6-7,10-11,14H,5,15H2,1-4H3;5,8,10-11,13,21H,4H2,1-3H3;4,7,9-10,12,20-21H,3H2,1-2H3;1-2H,3H3;5*1H4/t;7-,10+,11?,14+;8-,10?,11+,13-;7-,9?,10+,12-;;;;;;/m.011....../s1. The van der Waals surface area contributed by atoms with Gasteiger partial charge in [0.25, 0.3) is 0 Å². The first-order valence-corrected chi connectivity index (χ1v) is 30.8. The second-order valence-electron chi connectivity index (χ2n) is 22.6. The molecule has 0 spiro atoms. The normalized spacial score (nSPS) is 21.6. The Morgan fingerprint density at radius 1 is 0.586 bits per heavy atom. The van der Waals surface area contributed by atoms with Gasteiger partial charge in [-0.2, -0.15) is 0 Å². The second-order valence-corrected chi connectivity index (χ2v) is 23.1. The van der Waals surface area contributed by atoms with E-state index in [9.17, 15) is 15.3 Å². The Kier molecular flexibility index (Phi) is 31.9. The van der Waals surface area contributed by atoms with Crippen LogP contribution < -0.4 is 15.2 Å². The van der Waals surface area contributed by atoms with Crippen LogP contribution in [0.15, 0.2) is 108 Å². The predicted molar refractivity (Wildman–Crippen MR) is 390 cm³/mol. The molecule has 99 heavy (non-hydrogen) atoms. The molecule has 29 heteroatoms. The van der Waals surface area contributed by atoms with Crippen LogP contribution in [0, 0.1) is 71.9 Å². The Morgan fingerprint density at radius 2 is 0.929 bits per heavy atom. The van der Waals surface area contributed by atoms with Crippen LogP contribution in [0.25, 0.3) is 54.4 Å². The van der Waals surface area contributed by atoms with E-state index in [0.717, 1.165) is 68.7 Å². The van der Waals surface area contributed by atoms with Gasteiger partial charge in [0.1, 0.15) is 81.0 Å². The molecule has 3 aliphatic rings. The number of benzene rings is 3. The first-order valence-electron chi connectivity index (χ1n) is 30.4.